The van der Waals surface area contributed by atoms with Crippen molar-refractivity contribution in [2.24, 2.45) is 5.92 Å². The summed E-state index contributed by atoms with van der Waals surface area (Å²) in [6.07, 6.45) is 14.0. The lowest BCUT2D eigenvalue weighted by molar-refractivity contribution is -0.308. The van der Waals surface area contributed by atoms with Crippen molar-refractivity contribution in [2.45, 2.75) is 303 Å². The number of amides is 1. The standard InChI is InChI=1S/C89H113NO11Si2/c1-17-19-21-23-25-27-29-31-32-33-34-35-36-37-38-39-40-41-43-45-47-49-59-67-80(91)90-77(85(101-103(15,16)89(10,11)12)78(100-102(13,14)88(7,8)9)66-58-48-46-44-42-30-28-26-24-22-20-18-2)72-97-86-84(96-71-76-64-56-53-57-65-76)74(3)83(95-70-75-62-54-52-55-63-75)79(98-86)73-94-81(92)68-60-50-51-61-69-82(93)99-87(4,5)6/h52-57,62-65,74,77-79,83-86H,18,20,22,24,26,28,30,42,44,46,48,50-51,58,60-61,66,68-73H2,1-16H3,(H,90,91)/t74-,77-,78+,79?,83+,84?,85-,86-/m0/s1. The minimum Gasteiger partial charge on any atom is -0.463 e. The Morgan fingerprint density at radius 3 is 1.33 bits per heavy atom. The number of esters is 2. The number of carbonyl (C=O) groups excluding carboxylic acids is 3. The highest BCUT2D eigenvalue weighted by molar-refractivity contribution is 6.74. The summed E-state index contributed by atoms with van der Waals surface area (Å²) in [6.45, 7) is 34.1. The van der Waals surface area contributed by atoms with Crippen LogP contribution in [0.5, 0.6) is 0 Å². The van der Waals surface area contributed by atoms with E-state index in [-0.39, 0.29) is 60.8 Å². The first-order valence-electron chi connectivity index (χ1n) is 36.7. The summed E-state index contributed by atoms with van der Waals surface area (Å²) in [5.41, 5.74) is 1.36. The van der Waals surface area contributed by atoms with Crippen molar-refractivity contribution < 1.29 is 51.7 Å². The number of hydrogen-bond acceptors (Lipinski definition) is 11. The van der Waals surface area contributed by atoms with Gasteiger partial charge in [-0.15, -0.1) is 0 Å². The van der Waals surface area contributed by atoms with Crippen LogP contribution in [-0.2, 0) is 64.9 Å². The van der Waals surface area contributed by atoms with Gasteiger partial charge >= 0.3 is 11.9 Å². The van der Waals surface area contributed by atoms with Gasteiger partial charge in [0.2, 0.25) is 0 Å². The molecular formula is C89H113NO11Si2. The Labute approximate surface area is 624 Å². The van der Waals surface area contributed by atoms with Crippen LogP contribution in [-0.4, -0.2) is 96.1 Å². The van der Waals surface area contributed by atoms with Gasteiger partial charge in [0.1, 0.15) is 24.4 Å². The van der Waals surface area contributed by atoms with Gasteiger partial charge in [0.05, 0.1) is 44.2 Å². The summed E-state index contributed by atoms with van der Waals surface area (Å²) in [5, 5.41) is 2.85. The van der Waals surface area contributed by atoms with Gasteiger partial charge in [-0.2, -0.15) is 0 Å². The van der Waals surface area contributed by atoms with Gasteiger partial charge in [0.25, 0.3) is 5.91 Å². The number of ether oxygens (including phenoxy) is 6. The van der Waals surface area contributed by atoms with Gasteiger partial charge in [-0.25, -0.2) is 0 Å². The quantitative estimate of drug-likeness (QED) is 0.0298. The normalized spacial score (nSPS) is 16.0. The Balaban J connectivity index is 2.13. The first kappa shape index (κ1) is 89.0. The van der Waals surface area contributed by atoms with E-state index in [2.05, 4.69) is 222 Å². The monoisotopic (exact) mass is 1430 g/mol. The van der Waals surface area contributed by atoms with Crippen LogP contribution in [0.3, 0.4) is 0 Å². The molecule has 548 valence electrons. The second-order valence-corrected chi connectivity index (χ2v) is 39.1. The minimum absolute atomic E-state index is 0.118. The van der Waals surface area contributed by atoms with E-state index in [1.807, 2.05) is 88.4 Å². The van der Waals surface area contributed by atoms with Crippen molar-refractivity contribution in [3.05, 3.63) is 71.8 Å². The zero-order valence-electron chi connectivity index (χ0n) is 64.6. The van der Waals surface area contributed by atoms with Crippen molar-refractivity contribution in [1.29, 1.82) is 0 Å². The van der Waals surface area contributed by atoms with Crippen LogP contribution in [0.15, 0.2) is 60.7 Å². The molecule has 1 heterocycles. The Morgan fingerprint density at radius 1 is 0.495 bits per heavy atom. The SMILES string of the molecule is CC#CC#CC#CC#CC#CC#CC#CC#CC#CC#CC#CC#CC(=O)N[C@@H](CO[C@H]1OC(COC(=O)CCCCCCC(=O)OC(C)(C)C)[C@H](OCc2ccccc2)[C@H](C)C1OCc1ccccc1)[C@H](O[Si](C)(C)C(C)(C)C)[C@@H](CCCCCCCCCCCCCC)O[Si](C)(C)C(C)(C)C. The average molecular weight is 1430 g/mol. The lowest BCUT2D eigenvalue weighted by atomic mass is 9.90. The maximum absolute atomic E-state index is 14.6. The summed E-state index contributed by atoms with van der Waals surface area (Å²) in [7, 11) is -5.26. The van der Waals surface area contributed by atoms with Crippen molar-refractivity contribution in [2.75, 3.05) is 13.2 Å². The molecule has 2 aromatic rings. The molecule has 8 atom stereocenters. The molecule has 0 radical (unpaired) electrons. The summed E-state index contributed by atoms with van der Waals surface area (Å²) < 4.78 is 54.8. The molecule has 103 heavy (non-hydrogen) atoms. The highest BCUT2D eigenvalue weighted by Crippen LogP contribution is 2.42. The van der Waals surface area contributed by atoms with Crippen LogP contribution in [0.25, 0.3) is 0 Å². The Kier molecular flexibility index (Phi) is 43.4. The molecule has 14 heteroatoms. The van der Waals surface area contributed by atoms with E-state index >= 15 is 0 Å². The number of nitrogens with one attached hydrogen (secondary N) is 1. The number of rotatable bonds is 38. The highest BCUT2D eigenvalue weighted by Gasteiger charge is 2.50. The lowest BCUT2D eigenvalue weighted by Gasteiger charge is -2.48. The minimum atomic E-state index is -2.71. The molecule has 12 nitrogen and oxygen atoms in total. The third-order valence-corrected chi connectivity index (χ3v) is 26.8. The molecule has 0 saturated carbocycles. The van der Waals surface area contributed by atoms with Gasteiger partial charge in [0, 0.05) is 60.2 Å². The maximum atomic E-state index is 14.6. The average Bonchev–Trinajstić information content (AvgIpc) is 0.796. The fourth-order valence-corrected chi connectivity index (χ4v) is 13.0. The summed E-state index contributed by atoms with van der Waals surface area (Å²) >= 11 is 0. The zero-order chi connectivity index (χ0) is 75.7. The van der Waals surface area contributed by atoms with Crippen LogP contribution in [0.2, 0.25) is 36.3 Å². The molecule has 1 N–H and O–H groups in total. The second-order valence-electron chi connectivity index (χ2n) is 29.6. The fraction of sp³-hybridized carbons (Fsp3) is 0.562. The van der Waals surface area contributed by atoms with E-state index < -0.39 is 71.0 Å². The van der Waals surface area contributed by atoms with Crippen LogP contribution in [0.4, 0.5) is 0 Å². The Hall–Kier alpha value is -8.24. The molecule has 2 unspecified atom stereocenters. The van der Waals surface area contributed by atoms with E-state index in [0.29, 0.717) is 25.7 Å². The summed E-state index contributed by atoms with van der Waals surface area (Å²) in [5.74, 6) is 60.7. The molecular weight excluding hydrogens is 1320 g/mol. The van der Waals surface area contributed by atoms with Crippen molar-refractivity contribution >= 4 is 34.5 Å². The van der Waals surface area contributed by atoms with E-state index in [0.717, 1.165) is 43.2 Å². The number of unbranched alkanes of at least 4 members (excludes halogenated alkanes) is 14. The van der Waals surface area contributed by atoms with E-state index in [9.17, 15) is 14.4 Å². The predicted molar refractivity (Wildman–Crippen MR) is 419 cm³/mol. The molecule has 3 rings (SSSR count). The van der Waals surface area contributed by atoms with E-state index in [1.54, 1.807) is 6.92 Å². The predicted octanol–water partition coefficient (Wildman–Crippen LogP) is 16.2. The second kappa shape index (κ2) is 50.2. The fourth-order valence-electron chi connectivity index (χ4n) is 10.3. The van der Waals surface area contributed by atoms with Crippen LogP contribution in [0, 0.1) is 148 Å². The molecule has 0 aromatic heterocycles. The van der Waals surface area contributed by atoms with Gasteiger partial charge in [0.15, 0.2) is 22.9 Å². The first-order valence-corrected chi connectivity index (χ1v) is 42.5. The third kappa shape index (κ3) is 39.8. The summed E-state index contributed by atoms with van der Waals surface area (Å²) in [6, 6.07) is 18.9. The van der Waals surface area contributed by atoms with Crippen LogP contribution < -0.4 is 5.32 Å². The molecule has 0 bridgehead atoms. The van der Waals surface area contributed by atoms with E-state index in [4.69, 9.17) is 37.3 Å². The topological polar surface area (TPSA) is 137 Å². The largest absolute Gasteiger partial charge is 0.463 e. The lowest BCUT2D eigenvalue weighted by Crippen LogP contribution is -2.61. The molecule has 0 aliphatic carbocycles. The van der Waals surface area contributed by atoms with Crippen molar-refractivity contribution in [3.8, 4) is 142 Å². The van der Waals surface area contributed by atoms with E-state index in [1.165, 1.54) is 57.8 Å². The number of benzene rings is 2. The highest BCUT2D eigenvalue weighted by atomic mass is 28.4. The molecule has 0 spiro atoms. The van der Waals surface area contributed by atoms with Gasteiger partial charge in [-0.05, 0) is 189 Å². The van der Waals surface area contributed by atoms with Crippen LogP contribution in [0.1, 0.15) is 216 Å². The third-order valence-electron chi connectivity index (χ3n) is 17.9. The van der Waals surface area contributed by atoms with Crippen LogP contribution >= 0.6 is 0 Å². The molecule has 1 aliphatic heterocycles. The molecule has 1 amide bonds. The molecule has 1 saturated heterocycles. The molecule has 1 fully saturated rings. The van der Waals surface area contributed by atoms with Crippen molar-refractivity contribution in [1.82, 2.24) is 5.32 Å². The molecule has 2 aromatic carbocycles. The first-order chi connectivity index (χ1) is 49.2. The Morgan fingerprint density at radius 2 is 0.893 bits per heavy atom. The van der Waals surface area contributed by atoms with Gasteiger partial charge in [-0.1, -0.05) is 212 Å². The summed E-state index contributed by atoms with van der Waals surface area (Å²) in [4.78, 5) is 40.6. The Bertz CT molecular complexity index is 3770. The van der Waals surface area contributed by atoms with Gasteiger partial charge < -0.3 is 42.6 Å². The smallest absolute Gasteiger partial charge is 0.306 e. The van der Waals surface area contributed by atoms with Crippen molar-refractivity contribution in [3.63, 3.8) is 0 Å². The maximum Gasteiger partial charge on any atom is 0.306 e. The number of carbonyl (C=O) groups is 3. The number of hydrogen-bond donors (Lipinski definition) is 1. The van der Waals surface area contributed by atoms with Gasteiger partial charge in [-0.3, -0.25) is 14.4 Å². The molecule has 1 aliphatic rings. The zero-order valence-corrected chi connectivity index (χ0v) is 66.6.